The summed E-state index contributed by atoms with van der Waals surface area (Å²) in [5, 5.41) is 3.63. The van der Waals surface area contributed by atoms with Crippen LogP contribution in [-0.4, -0.2) is 67.4 Å². The Morgan fingerprint density at radius 2 is 2.06 bits per heavy atom. The van der Waals surface area contributed by atoms with Gasteiger partial charge < -0.3 is 24.6 Å². The molecule has 1 aromatic carbocycles. The minimum atomic E-state index is -0.185. The van der Waals surface area contributed by atoms with Gasteiger partial charge in [0.1, 0.15) is 0 Å². The topological polar surface area (TPSA) is 54.0 Å². The standard InChI is InChI=1S/C25H39N3O3/c1-24(2,3)18-11-17-7-9-27(23(29)28-14-19(30-6)13-25(28,4)5)15-21(17)20(12-18)22-16-31-10-8-26-22/h11-12,19,22,26H,7-10,13-16H2,1-6H3/t19?,22-/m0/s1. The van der Waals surface area contributed by atoms with E-state index in [2.05, 4.69) is 52.1 Å². The molecule has 3 aliphatic rings. The third kappa shape index (κ3) is 4.48. The van der Waals surface area contributed by atoms with Gasteiger partial charge in [-0.1, -0.05) is 32.9 Å². The van der Waals surface area contributed by atoms with Crippen LogP contribution in [0.4, 0.5) is 4.79 Å². The maximum atomic E-state index is 13.6. The molecule has 0 radical (unpaired) electrons. The lowest BCUT2D eigenvalue weighted by Gasteiger charge is -2.39. The Hall–Kier alpha value is -1.63. The van der Waals surface area contributed by atoms with Gasteiger partial charge in [-0.3, -0.25) is 0 Å². The van der Waals surface area contributed by atoms with Crippen LogP contribution in [0.15, 0.2) is 12.1 Å². The molecule has 0 aliphatic carbocycles. The van der Waals surface area contributed by atoms with E-state index in [1.165, 1.54) is 22.3 Å². The number of nitrogens with zero attached hydrogens (tertiary/aromatic N) is 2. The molecule has 0 bridgehead atoms. The van der Waals surface area contributed by atoms with Crippen LogP contribution in [0.25, 0.3) is 0 Å². The zero-order valence-corrected chi connectivity index (χ0v) is 20.1. The van der Waals surface area contributed by atoms with Crippen molar-refractivity contribution in [1.82, 2.24) is 15.1 Å². The molecule has 6 nitrogen and oxygen atoms in total. The lowest BCUT2D eigenvalue weighted by molar-refractivity contribution is 0.0759. The number of morpholine rings is 1. The molecule has 172 valence electrons. The summed E-state index contributed by atoms with van der Waals surface area (Å²) in [5.74, 6) is 0. The second-order valence-electron chi connectivity index (χ2n) is 11.0. The van der Waals surface area contributed by atoms with Crippen molar-refractivity contribution in [2.45, 2.75) is 77.1 Å². The fraction of sp³-hybridized carbons (Fsp3) is 0.720. The van der Waals surface area contributed by atoms with Crippen molar-refractivity contribution in [3.05, 3.63) is 34.4 Å². The van der Waals surface area contributed by atoms with Crippen molar-refractivity contribution in [2.24, 2.45) is 0 Å². The summed E-state index contributed by atoms with van der Waals surface area (Å²) in [6.45, 7) is 15.5. The number of fused-ring (bicyclic) bond motifs is 1. The van der Waals surface area contributed by atoms with Crippen LogP contribution >= 0.6 is 0 Å². The number of hydrogen-bond donors (Lipinski definition) is 1. The lowest BCUT2D eigenvalue weighted by atomic mass is 9.80. The van der Waals surface area contributed by atoms with Crippen LogP contribution < -0.4 is 5.32 Å². The Labute approximate surface area is 187 Å². The molecule has 4 rings (SSSR count). The Kier molecular flexibility index (Phi) is 6.10. The van der Waals surface area contributed by atoms with Crippen LogP contribution in [0.5, 0.6) is 0 Å². The molecule has 2 atom stereocenters. The van der Waals surface area contributed by atoms with Crippen molar-refractivity contribution in [2.75, 3.05) is 40.0 Å². The van der Waals surface area contributed by atoms with E-state index >= 15 is 0 Å². The first-order valence-electron chi connectivity index (χ1n) is 11.7. The third-order valence-electron chi connectivity index (χ3n) is 7.22. The van der Waals surface area contributed by atoms with Gasteiger partial charge in [-0.2, -0.15) is 0 Å². The number of ether oxygens (including phenoxy) is 2. The van der Waals surface area contributed by atoms with Crippen molar-refractivity contribution in [3.63, 3.8) is 0 Å². The van der Waals surface area contributed by atoms with E-state index in [9.17, 15) is 4.79 Å². The number of rotatable bonds is 2. The van der Waals surface area contributed by atoms with Gasteiger partial charge in [0.2, 0.25) is 0 Å². The van der Waals surface area contributed by atoms with Crippen molar-refractivity contribution in [1.29, 1.82) is 0 Å². The molecule has 0 spiro atoms. The second kappa shape index (κ2) is 8.38. The summed E-state index contributed by atoms with van der Waals surface area (Å²) in [6.07, 6.45) is 1.89. The summed E-state index contributed by atoms with van der Waals surface area (Å²) >= 11 is 0. The highest BCUT2D eigenvalue weighted by atomic mass is 16.5. The molecular weight excluding hydrogens is 390 g/mol. The van der Waals surface area contributed by atoms with Crippen LogP contribution in [0, 0.1) is 0 Å². The predicted octanol–water partition coefficient (Wildman–Crippen LogP) is 3.62. The van der Waals surface area contributed by atoms with Gasteiger partial charge in [-0.05, 0) is 54.4 Å². The molecule has 0 aromatic heterocycles. The number of urea groups is 1. The third-order valence-corrected chi connectivity index (χ3v) is 7.22. The van der Waals surface area contributed by atoms with Crippen molar-refractivity contribution >= 4 is 6.03 Å². The molecule has 31 heavy (non-hydrogen) atoms. The Balaban J connectivity index is 1.64. The molecule has 1 unspecified atom stereocenters. The molecule has 3 aliphatic heterocycles. The molecule has 2 amide bonds. The molecule has 1 aromatic rings. The zero-order chi connectivity index (χ0) is 22.4. The maximum Gasteiger partial charge on any atom is 0.320 e. The molecule has 0 saturated carbocycles. The first-order chi connectivity index (χ1) is 14.6. The molecule has 2 fully saturated rings. The van der Waals surface area contributed by atoms with E-state index in [0.29, 0.717) is 19.7 Å². The van der Waals surface area contributed by atoms with E-state index in [1.807, 2.05) is 9.80 Å². The highest BCUT2D eigenvalue weighted by Crippen LogP contribution is 2.36. The smallest absolute Gasteiger partial charge is 0.320 e. The van der Waals surface area contributed by atoms with Crippen molar-refractivity contribution in [3.8, 4) is 0 Å². The lowest BCUT2D eigenvalue weighted by Crippen LogP contribution is -2.51. The fourth-order valence-corrected chi connectivity index (χ4v) is 5.22. The van der Waals surface area contributed by atoms with Crippen LogP contribution in [0.3, 0.4) is 0 Å². The predicted molar refractivity (Wildman–Crippen MR) is 122 cm³/mol. The summed E-state index contributed by atoms with van der Waals surface area (Å²) in [5.41, 5.74) is 5.24. The average molecular weight is 430 g/mol. The normalized spacial score (nSPS) is 26.1. The Morgan fingerprint density at radius 3 is 2.68 bits per heavy atom. The summed E-state index contributed by atoms with van der Waals surface area (Å²) in [7, 11) is 1.74. The molecular formula is C25H39N3O3. The summed E-state index contributed by atoms with van der Waals surface area (Å²) < 4.78 is 11.4. The van der Waals surface area contributed by atoms with Crippen molar-refractivity contribution < 1.29 is 14.3 Å². The van der Waals surface area contributed by atoms with Gasteiger partial charge in [0, 0.05) is 38.8 Å². The minimum absolute atomic E-state index is 0.0843. The van der Waals surface area contributed by atoms with Gasteiger partial charge in [-0.15, -0.1) is 0 Å². The van der Waals surface area contributed by atoms with Gasteiger partial charge in [0.25, 0.3) is 0 Å². The number of nitrogens with one attached hydrogen (secondary N) is 1. The first-order valence-corrected chi connectivity index (χ1v) is 11.7. The first kappa shape index (κ1) is 22.6. The second-order valence-corrected chi connectivity index (χ2v) is 11.0. The molecule has 1 N–H and O–H groups in total. The Morgan fingerprint density at radius 1 is 1.29 bits per heavy atom. The SMILES string of the molecule is COC1CN(C(=O)N2CCc3cc(C(C)(C)C)cc([C@@H]4COCCN4)c3C2)C(C)(C)C1. The highest BCUT2D eigenvalue weighted by Gasteiger charge is 2.43. The monoisotopic (exact) mass is 429 g/mol. The number of amides is 2. The van der Waals surface area contributed by atoms with Crippen LogP contribution in [0.1, 0.15) is 69.3 Å². The van der Waals surface area contributed by atoms with E-state index in [0.717, 1.165) is 32.5 Å². The average Bonchev–Trinajstić information content (AvgIpc) is 3.06. The number of carbonyl (C=O) groups excluding carboxylic acids is 1. The number of carbonyl (C=O) groups is 1. The number of methoxy groups -OCH3 is 1. The van der Waals surface area contributed by atoms with Gasteiger partial charge in [0.15, 0.2) is 0 Å². The van der Waals surface area contributed by atoms with Gasteiger partial charge >= 0.3 is 6.03 Å². The van der Waals surface area contributed by atoms with Gasteiger partial charge in [0.05, 0.1) is 25.4 Å². The van der Waals surface area contributed by atoms with Crippen LogP contribution in [-0.2, 0) is 27.9 Å². The Bertz CT molecular complexity index is 824. The van der Waals surface area contributed by atoms with Crippen LogP contribution in [0.2, 0.25) is 0 Å². The minimum Gasteiger partial charge on any atom is -0.380 e. The summed E-state index contributed by atoms with van der Waals surface area (Å²) in [6, 6.07) is 5.03. The van der Waals surface area contributed by atoms with E-state index in [-0.39, 0.29) is 29.1 Å². The molecule has 2 saturated heterocycles. The molecule has 3 heterocycles. The largest absolute Gasteiger partial charge is 0.380 e. The number of benzene rings is 1. The maximum absolute atomic E-state index is 13.6. The number of hydrogen-bond acceptors (Lipinski definition) is 4. The number of likely N-dealkylation sites (tertiary alicyclic amines) is 1. The fourth-order valence-electron chi connectivity index (χ4n) is 5.22. The zero-order valence-electron chi connectivity index (χ0n) is 20.1. The van der Waals surface area contributed by atoms with Gasteiger partial charge in [-0.25, -0.2) is 4.79 Å². The quantitative estimate of drug-likeness (QED) is 0.780. The molecule has 6 heteroatoms. The van der Waals surface area contributed by atoms with E-state index < -0.39 is 0 Å². The summed E-state index contributed by atoms with van der Waals surface area (Å²) in [4.78, 5) is 17.6. The van der Waals surface area contributed by atoms with E-state index in [4.69, 9.17) is 9.47 Å². The highest BCUT2D eigenvalue weighted by molar-refractivity contribution is 5.76. The van der Waals surface area contributed by atoms with E-state index in [1.54, 1.807) is 7.11 Å².